The number of carboxylic acid groups (broad SMARTS) is 6. The Bertz CT molecular complexity index is 139. The molecule has 90 valence electrons. The van der Waals surface area contributed by atoms with E-state index in [1.54, 1.807) is 0 Å². The molecule has 0 aliphatic carbocycles. The Labute approximate surface area is 148 Å². The average Bonchev–Trinajstić information content (AvgIpc) is 1.54. The van der Waals surface area contributed by atoms with Crippen molar-refractivity contribution in [3.05, 3.63) is 0 Å². The second-order valence-corrected chi connectivity index (χ2v) is 0.750. The number of carbonyl (C=O) groups excluding carboxylic acids is 3. The molecular weight excluding hydrogens is 340 g/mol. The van der Waals surface area contributed by atoms with Crippen molar-refractivity contribution in [2.45, 2.75) is 0 Å². The fourth-order valence-electron chi connectivity index (χ4n) is 0. The van der Waals surface area contributed by atoms with Gasteiger partial charge in [-0.25, -0.2) is 0 Å². The molecule has 0 aliphatic heterocycles. The predicted molar refractivity (Wildman–Crippen MR) is 32.1 cm³/mol. The van der Waals surface area contributed by atoms with Crippen LogP contribution in [0.1, 0.15) is 5.71 Å². The van der Waals surface area contributed by atoms with Gasteiger partial charge in [-0.15, -0.1) is 0 Å². The zero-order valence-electron chi connectivity index (χ0n) is 11.3. The summed E-state index contributed by atoms with van der Waals surface area (Å²) in [6.45, 7) is 0. The van der Waals surface area contributed by atoms with Gasteiger partial charge in [-0.05, 0) is 18.5 Å². The summed E-state index contributed by atoms with van der Waals surface area (Å²) < 4.78 is 0. The molecular formula is C3H4Fe2Mg2O9. The van der Waals surface area contributed by atoms with Crippen molar-refractivity contribution in [1.82, 2.24) is 0 Å². The van der Waals surface area contributed by atoms with E-state index in [0.29, 0.717) is 0 Å². The van der Waals surface area contributed by atoms with Gasteiger partial charge in [0, 0.05) is 0 Å². The third kappa shape index (κ3) is 17700. The van der Waals surface area contributed by atoms with Crippen LogP contribution in [0.2, 0.25) is 0 Å². The molecule has 0 aromatic heterocycles. The Morgan fingerprint density at radius 1 is 0.562 bits per heavy atom. The van der Waals surface area contributed by atoms with Crippen molar-refractivity contribution in [2.75, 3.05) is 0 Å². The smallest absolute Gasteiger partial charge is 1.00 e. The molecule has 0 aliphatic rings. The van der Waals surface area contributed by atoms with Crippen LogP contribution in [0.25, 0.3) is 0 Å². The van der Waals surface area contributed by atoms with E-state index in [4.69, 9.17) is 45.0 Å². The van der Waals surface area contributed by atoms with Gasteiger partial charge in [0.15, 0.2) is 0 Å². The summed E-state index contributed by atoms with van der Waals surface area (Å²) in [4.78, 5) is 25.0. The molecule has 0 N–H and O–H groups in total. The summed E-state index contributed by atoms with van der Waals surface area (Å²) in [5, 5.41) is 50.0. The monoisotopic (exact) mass is 344 g/mol. The fraction of sp³-hybridized carbons (Fsp3) is 0. The number of hydrogen-bond donors (Lipinski definition) is 0. The zero-order chi connectivity index (χ0) is 10.7. The van der Waals surface area contributed by atoms with Gasteiger partial charge in [-0.2, -0.15) is 0 Å². The molecule has 0 heterocycles. The van der Waals surface area contributed by atoms with Crippen LogP contribution in [0.4, 0.5) is 14.4 Å². The summed E-state index contributed by atoms with van der Waals surface area (Å²) in [7, 11) is 0. The second-order valence-electron chi connectivity index (χ2n) is 0.750. The predicted octanol–water partition coefficient (Wildman–Crippen LogP) is -7.66. The van der Waals surface area contributed by atoms with Crippen molar-refractivity contribution < 1.29 is 84.9 Å². The summed E-state index contributed by atoms with van der Waals surface area (Å²) in [6, 6.07) is 0. The average molecular weight is 344 g/mol. The Balaban J connectivity index is -0.00000000562. The van der Waals surface area contributed by atoms with Crippen LogP contribution in [-0.4, -0.2) is 64.6 Å². The van der Waals surface area contributed by atoms with Crippen LogP contribution in [0.3, 0.4) is 0 Å². The van der Waals surface area contributed by atoms with Gasteiger partial charge in [0.2, 0.25) is 0 Å². The molecule has 0 aromatic rings. The van der Waals surface area contributed by atoms with E-state index >= 15 is 0 Å². The molecule has 0 unspecified atom stereocenters. The molecule has 9 nitrogen and oxygen atoms in total. The molecule has 0 rings (SSSR count). The molecule has 0 saturated carbocycles. The van der Waals surface area contributed by atoms with E-state index < -0.39 is 18.5 Å². The number of carbonyl (C=O) groups is 3. The van der Waals surface area contributed by atoms with E-state index in [-0.39, 0.29) is 85.9 Å². The summed E-state index contributed by atoms with van der Waals surface area (Å²) in [5.74, 6) is 0. The summed E-state index contributed by atoms with van der Waals surface area (Å²) in [5.41, 5.74) is 0. The molecule has 16 heavy (non-hydrogen) atoms. The molecule has 0 aromatic carbocycles. The third-order valence-corrected chi connectivity index (χ3v) is 0. The first-order valence-corrected chi connectivity index (χ1v) is 1.84. The molecule has 2 radical (unpaired) electrons. The quantitative estimate of drug-likeness (QED) is 0.384. The number of rotatable bonds is 0. The SMILES string of the molecule is O=C([O-])[O-].O=C([O-])[O-].O=C([O-])[O-].[Fe+3].[Fe+3].[H-].[H-].[H-].[H-].[Mg+2].[Mg+2]. The van der Waals surface area contributed by atoms with Crippen LogP contribution < -0.4 is 30.6 Å². The van der Waals surface area contributed by atoms with Gasteiger partial charge in [0.05, 0.1) is 0 Å². The van der Waals surface area contributed by atoms with Crippen LogP contribution in [0.5, 0.6) is 0 Å². The van der Waals surface area contributed by atoms with Gasteiger partial charge in [0.25, 0.3) is 0 Å². The van der Waals surface area contributed by atoms with Gasteiger partial charge < -0.3 is 50.7 Å². The van der Waals surface area contributed by atoms with Gasteiger partial charge in [-0.1, -0.05) is 0 Å². The Morgan fingerprint density at radius 3 is 0.562 bits per heavy atom. The Kier molecular flexibility index (Phi) is 99.5. The van der Waals surface area contributed by atoms with Crippen LogP contribution in [0.15, 0.2) is 0 Å². The molecule has 0 amide bonds. The van der Waals surface area contributed by atoms with Crippen molar-refractivity contribution >= 4 is 64.6 Å². The maximum absolute atomic E-state index is 8.33. The van der Waals surface area contributed by atoms with Crippen LogP contribution in [-0.2, 0) is 34.1 Å². The molecule has 0 bridgehead atoms. The van der Waals surface area contributed by atoms with Crippen molar-refractivity contribution in [3.8, 4) is 0 Å². The molecule has 0 spiro atoms. The van der Waals surface area contributed by atoms with Gasteiger partial charge in [0.1, 0.15) is 0 Å². The van der Waals surface area contributed by atoms with E-state index in [1.807, 2.05) is 0 Å². The summed E-state index contributed by atoms with van der Waals surface area (Å²) in [6.07, 6.45) is -7.00. The first kappa shape index (κ1) is 44.0. The van der Waals surface area contributed by atoms with Crippen molar-refractivity contribution in [2.24, 2.45) is 0 Å². The van der Waals surface area contributed by atoms with E-state index in [2.05, 4.69) is 0 Å². The first-order valence-electron chi connectivity index (χ1n) is 1.84. The molecule has 0 fully saturated rings. The van der Waals surface area contributed by atoms with Crippen LogP contribution >= 0.6 is 0 Å². The van der Waals surface area contributed by atoms with E-state index in [0.717, 1.165) is 0 Å². The topological polar surface area (TPSA) is 190 Å². The normalized spacial score (nSPS) is 4.50. The maximum atomic E-state index is 8.33. The van der Waals surface area contributed by atoms with Gasteiger partial charge >= 0.3 is 80.2 Å². The van der Waals surface area contributed by atoms with E-state index in [1.165, 1.54) is 0 Å². The van der Waals surface area contributed by atoms with Crippen LogP contribution in [0, 0.1) is 0 Å². The minimum atomic E-state index is -2.33. The maximum Gasteiger partial charge on any atom is 3.00 e. The van der Waals surface area contributed by atoms with E-state index in [9.17, 15) is 0 Å². The zero-order valence-corrected chi connectivity index (χ0v) is 12.3. The standard InChI is InChI=1S/3CH2O3.2Fe.2Mg.4H/c3*2-1(3)4;;;;;;;;/h3*(H2,2,3,4);;;;;;;;/q;;;2*+3;2*+2;4*-1/p-6. The van der Waals surface area contributed by atoms with Crippen molar-refractivity contribution in [3.63, 3.8) is 0 Å². The summed E-state index contributed by atoms with van der Waals surface area (Å²) >= 11 is 0. The second kappa shape index (κ2) is 36.1. The van der Waals surface area contributed by atoms with Gasteiger partial charge in [-0.3, -0.25) is 0 Å². The third-order valence-electron chi connectivity index (χ3n) is 0. The Morgan fingerprint density at radius 2 is 0.562 bits per heavy atom. The fourth-order valence-corrected chi connectivity index (χ4v) is 0. The first-order chi connectivity index (χ1) is 5.20. The van der Waals surface area contributed by atoms with Crippen molar-refractivity contribution in [1.29, 1.82) is 0 Å². The number of hydrogen-bond acceptors (Lipinski definition) is 9. The minimum absolute atomic E-state index is 0. The Hall–Kier alpha value is 0.381. The molecule has 0 atom stereocenters. The largest absolute Gasteiger partial charge is 3.00 e. The molecule has 13 heteroatoms. The molecule has 0 saturated heterocycles. The minimum Gasteiger partial charge on any atom is -1.00 e.